The van der Waals surface area contributed by atoms with Crippen LogP contribution in [-0.4, -0.2) is 29.4 Å². The van der Waals surface area contributed by atoms with Gasteiger partial charge >= 0.3 is 6.18 Å². The summed E-state index contributed by atoms with van der Waals surface area (Å²) in [6.07, 6.45) is -4.00. The molecular weight excluding hydrogens is 516 g/mol. The first-order valence-electron chi connectivity index (χ1n) is 9.80. The van der Waals surface area contributed by atoms with E-state index in [4.69, 9.17) is 27.6 Å². The Morgan fingerprint density at radius 1 is 1.15 bits per heavy atom. The molecule has 0 spiro atoms. The second-order valence-electron chi connectivity index (χ2n) is 7.70. The molecule has 0 aliphatic carbocycles. The normalized spacial score (nSPS) is 12.5. The van der Waals surface area contributed by atoms with Gasteiger partial charge in [0.1, 0.15) is 23.0 Å². The average molecular weight is 529 g/mol. The smallest absolute Gasteiger partial charge is 0.417 e. The molecule has 34 heavy (non-hydrogen) atoms. The summed E-state index contributed by atoms with van der Waals surface area (Å²) >= 11 is 13.4. The van der Waals surface area contributed by atoms with Gasteiger partial charge in [-0.05, 0) is 18.2 Å². The van der Waals surface area contributed by atoms with Crippen molar-refractivity contribution in [1.29, 1.82) is 0 Å². The molecule has 0 atom stereocenters. The molecule has 0 aliphatic rings. The Morgan fingerprint density at radius 2 is 1.91 bits per heavy atom. The molecule has 176 valence electrons. The minimum Gasteiger partial charge on any atom is -0.419 e. The van der Waals surface area contributed by atoms with Crippen molar-refractivity contribution in [3.8, 4) is 11.5 Å². The molecule has 0 saturated heterocycles. The first kappa shape index (κ1) is 22.8. The molecule has 0 saturated carbocycles. The van der Waals surface area contributed by atoms with Crippen molar-refractivity contribution in [3.63, 3.8) is 0 Å². The van der Waals surface area contributed by atoms with E-state index in [1.54, 1.807) is 16.5 Å². The number of thiophene rings is 1. The van der Waals surface area contributed by atoms with Gasteiger partial charge in [0.05, 0.1) is 25.7 Å². The van der Waals surface area contributed by atoms with Crippen molar-refractivity contribution in [3.05, 3.63) is 61.5 Å². The molecule has 0 bridgehead atoms. The minimum atomic E-state index is -4.62. The van der Waals surface area contributed by atoms with Crippen LogP contribution in [0.3, 0.4) is 0 Å². The Labute approximate surface area is 202 Å². The van der Waals surface area contributed by atoms with Crippen molar-refractivity contribution >= 4 is 50.3 Å². The zero-order valence-electron chi connectivity index (χ0n) is 17.4. The minimum absolute atomic E-state index is 0.0338. The van der Waals surface area contributed by atoms with E-state index in [2.05, 4.69) is 20.3 Å². The molecule has 5 aromatic rings. The van der Waals surface area contributed by atoms with Crippen LogP contribution in [0.5, 0.6) is 0 Å². The van der Waals surface area contributed by atoms with Crippen LogP contribution in [0, 0.1) is 0 Å². The third kappa shape index (κ3) is 3.85. The number of nitrogens with zero attached hydrogens (tertiary/aromatic N) is 6. The van der Waals surface area contributed by atoms with E-state index < -0.39 is 17.3 Å². The summed E-state index contributed by atoms with van der Waals surface area (Å²) < 4.78 is 49.1. The number of rotatable bonds is 4. The van der Waals surface area contributed by atoms with E-state index in [-0.39, 0.29) is 35.0 Å². The van der Waals surface area contributed by atoms with Crippen LogP contribution >= 0.6 is 34.5 Å². The highest BCUT2D eigenvalue weighted by molar-refractivity contribution is 7.22. The number of aromatic nitrogens is 6. The molecule has 5 aromatic heterocycles. The highest BCUT2D eigenvalue weighted by atomic mass is 35.5. The fraction of sp³-hybridized carbons (Fsp3) is 0.250. The number of halogens is 5. The molecule has 0 aliphatic heterocycles. The maximum absolute atomic E-state index is 13.2. The van der Waals surface area contributed by atoms with Gasteiger partial charge in [-0.15, -0.1) is 21.5 Å². The van der Waals surface area contributed by atoms with E-state index in [1.807, 2.05) is 13.8 Å². The molecular formula is C20H13Cl2F3N6O2S. The lowest BCUT2D eigenvalue weighted by Gasteiger charge is -2.12. The zero-order valence-corrected chi connectivity index (χ0v) is 19.7. The summed E-state index contributed by atoms with van der Waals surface area (Å²) in [5, 5.41) is 11.9. The lowest BCUT2D eigenvalue weighted by atomic mass is 10.2. The van der Waals surface area contributed by atoms with Crippen LogP contribution in [0.4, 0.5) is 13.2 Å². The molecule has 0 amide bonds. The molecule has 14 heteroatoms. The van der Waals surface area contributed by atoms with E-state index in [1.165, 1.54) is 16.0 Å². The Balaban J connectivity index is 1.57. The van der Waals surface area contributed by atoms with Crippen LogP contribution in [0.15, 0.2) is 33.6 Å². The first-order chi connectivity index (χ1) is 16.0. The molecule has 0 radical (unpaired) electrons. The number of fused-ring (bicyclic) bond motifs is 3. The predicted octanol–water partition coefficient (Wildman–Crippen LogP) is 5.65. The van der Waals surface area contributed by atoms with Crippen molar-refractivity contribution in [2.75, 3.05) is 0 Å². The van der Waals surface area contributed by atoms with Crippen molar-refractivity contribution in [1.82, 2.24) is 29.4 Å². The van der Waals surface area contributed by atoms with Gasteiger partial charge in [0, 0.05) is 12.1 Å². The van der Waals surface area contributed by atoms with Crippen LogP contribution in [-0.2, 0) is 12.7 Å². The molecule has 8 nitrogen and oxygen atoms in total. The van der Waals surface area contributed by atoms with E-state index >= 15 is 0 Å². The van der Waals surface area contributed by atoms with Gasteiger partial charge in [-0.1, -0.05) is 37.0 Å². The van der Waals surface area contributed by atoms with Gasteiger partial charge in [0.2, 0.25) is 5.89 Å². The predicted molar refractivity (Wildman–Crippen MR) is 121 cm³/mol. The first-order valence-corrected chi connectivity index (χ1v) is 11.4. The van der Waals surface area contributed by atoms with Gasteiger partial charge in [-0.2, -0.15) is 18.3 Å². The SMILES string of the molecule is CC(C)c1nn(Cc2nnc(-c3cc(C(F)(F)F)cnc3Cl)o2)c(=O)c2cc3sc(Cl)cc3n12. The number of hydrogen-bond acceptors (Lipinski definition) is 7. The van der Waals surface area contributed by atoms with Crippen molar-refractivity contribution in [2.45, 2.75) is 32.5 Å². The van der Waals surface area contributed by atoms with Gasteiger partial charge < -0.3 is 4.42 Å². The van der Waals surface area contributed by atoms with E-state index in [0.29, 0.717) is 21.9 Å². The molecule has 0 fully saturated rings. The van der Waals surface area contributed by atoms with Crippen LogP contribution in [0.25, 0.3) is 27.2 Å². The molecule has 0 aromatic carbocycles. The van der Waals surface area contributed by atoms with Gasteiger partial charge in [0.25, 0.3) is 11.4 Å². The molecule has 5 heterocycles. The van der Waals surface area contributed by atoms with Gasteiger partial charge in [0.15, 0.2) is 0 Å². The Kier molecular flexibility index (Phi) is 5.41. The van der Waals surface area contributed by atoms with E-state index in [0.717, 1.165) is 16.3 Å². The largest absolute Gasteiger partial charge is 0.419 e. The third-order valence-electron chi connectivity index (χ3n) is 5.03. The average Bonchev–Trinajstić information content (AvgIpc) is 3.44. The maximum atomic E-state index is 13.2. The topological polar surface area (TPSA) is 91.1 Å². The molecule has 0 N–H and O–H groups in total. The second kappa shape index (κ2) is 8.07. The van der Waals surface area contributed by atoms with E-state index in [9.17, 15) is 18.0 Å². The van der Waals surface area contributed by atoms with Crippen LogP contribution < -0.4 is 5.56 Å². The summed E-state index contributed by atoms with van der Waals surface area (Å²) in [6, 6.07) is 4.30. The fourth-order valence-electron chi connectivity index (χ4n) is 3.50. The van der Waals surface area contributed by atoms with Crippen molar-refractivity contribution in [2.24, 2.45) is 0 Å². The standard InChI is InChI=1S/C20H13Cl2F3N6O2S/c1-8(2)17-29-30(19(32)12-4-13-11(31(12)17)5-14(21)34-13)7-15-27-28-18(33-15)10-3-9(20(23,24)25)6-26-16(10)22/h3-6,8H,7H2,1-2H3. The lowest BCUT2D eigenvalue weighted by Crippen LogP contribution is -2.28. The van der Waals surface area contributed by atoms with Crippen LogP contribution in [0.2, 0.25) is 9.49 Å². The lowest BCUT2D eigenvalue weighted by molar-refractivity contribution is -0.137. The number of hydrogen-bond donors (Lipinski definition) is 0. The Bertz CT molecular complexity index is 1620. The quantitative estimate of drug-likeness (QED) is 0.280. The number of alkyl halides is 3. The Hall–Kier alpha value is -2.96. The molecule has 5 rings (SSSR count). The highest BCUT2D eigenvalue weighted by Crippen LogP contribution is 2.35. The third-order valence-corrected chi connectivity index (χ3v) is 6.53. The van der Waals surface area contributed by atoms with Crippen molar-refractivity contribution < 1.29 is 17.6 Å². The monoisotopic (exact) mass is 528 g/mol. The highest BCUT2D eigenvalue weighted by Gasteiger charge is 2.32. The summed E-state index contributed by atoms with van der Waals surface area (Å²) in [6.45, 7) is 3.68. The molecule has 0 unspecified atom stereocenters. The maximum Gasteiger partial charge on any atom is 0.417 e. The van der Waals surface area contributed by atoms with Crippen LogP contribution in [0.1, 0.15) is 37.0 Å². The summed E-state index contributed by atoms with van der Waals surface area (Å²) in [5.41, 5.74) is -0.386. The fourth-order valence-corrected chi connectivity index (χ4v) is 4.84. The summed E-state index contributed by atoms with van der Waals surface area (Å²) in [5.74, 6) is 0.281. The number of pyridine rings is 1. The van der Waals surface area contributed by atoms with Gasteiger partial charge in [-0.3, -0.25) is 9.20 Å². The summed E-state index contributed by atoms with van der Waals surface area (Å²) in [4.78, 5) is 16.7. The zero-order chi connectivity index (χ0) is 24.4. The van der Waals surface area contributed by atoms with Gasteiger partial charge in [-0.25, -0.2) is 9.67 Å². The second-order valence-corrected chi connectivity index (χ2v) is 9.77. The summed E-state index contributed by atoms with van der Waals surface area (Å²) in [7, 11) is 0. The Morgan fingerprint density at radius 3 is 2.62 bits per heavy atom.